The van der Waals surface area contributed by atoms with Gasteiger partial charge < -0.3 is 0 Å². The molecule has 1 aliphatic rings. The van der Waals surface area contributed by atoms with Crippen molar-refractivity contribution in [3.63, 3.8) is 0 Å². The van der Waals surface area contributed by atoms with Gasteiger partial charge in [-0.1, -0.05) is 0 Å². The standard InChI is InChI=1S/C4H5BrN2/c1-7-2-4(5)6-3-7/h3H2,1H3. The van der Waals surface area contributed by atoms with Gasteiger partial charge in [-0.05, 0) is 23.0 Å². The third kappa shape index (κ3) is 1.24. The minimum Gasteiger partial charge on any atom is -0.272 e. The summed E-state index contributed by atoms with van der Waals surface area (Å²) in [5.74, 6) is 0. The first-order valence-corrected chi connectivity index (χ1v) is 2.76. The van der Waals surface area contributed by atoms with Crippen LogP contribution in [-0.4, -0.2) is 23.2 Å². The molecule has 0 aromatic rings. The van der Waals surface area contributed by atoms with E-state index in [0.29, 0.717) is 0 Å². The van der Waals surface area contributed by atoms with Gasteiger partial charge in [-0.3, -0.25) is 9.89 Å². The van der Waals surface area contributed by atoms with Gasteiger partial charge in [0.05, 0.1) is 6.67 Å². The van der Waals surface area contributed by atoms with Crippen LogP contribution in [0.2, 0.25) is 0 Å². The molecule has 0 aromatic heterocycles. The predicted octanol–water partition coefficient (Wildman–Crippen LogP) is 0.721. The first kappa shape index (κ1) is 5.25. The van der Waals surface area contributed by atoms with Crippen molar-refractivity contribution < 1.29 is 0 Å². The van der Waals surface area contributed by atoms with Crippen LogP contribution in [0.4, 0.5) is 0 Å². The summed E-state index contributed by atoms with van der Waals surface area (Å²) >= 11 is 3.18. The van der Waals surface area contributed by atoms with Crippen molar-refractivity contribution in [2.75, 3.05) is 13.7 Å². The van der Waals surface area contributed by atoms with Crippen molar-refractivity contribution in [1.82, 2.24) is 4.90 Å². The third-order valence-electron chi connectivity index (χ3n) is 0.705. The maximum Gasteiger partial charge on any atom is 0.126 e. The molecule has 2 radical (unpaired) electrons. The fourth-order valence-corrected chi connectivity index (χ4v) is 0.811. The maximum atomic E-state index is 3.97. The van der Waals surface area contributed by atoms with Crippen LogP contribution in [0.1, 0.15) is 0 Å². The summed E-state index contributed by atoms with van der Waals surface area (Å²) in [5, 5.41) is 0. The van der Waals surface area contributed by atoms with E-state index in [2.05, 4.69) is 27.5 Å². The molecule has 0 atom stereocenters. The first-order chi connectivity index (χ1) is 3.29. The minimum absolute atomic E-state index is 0.737. The van der Waals surface area contributed by atoms with E-state index in [1.807, 2.05) is 11.9 Å². The summed E-state index contributed by atoms with van der Waals surface area (Å²) < 4.78 is 0.815. The van der Waals surface area contributed by atoms with Crippen molar-refractivity contribution in [1.29, 1.82) is 0 Å². The van der Waals surface area contributed by atoms with E-state index in [1.54, 1.807) is 0 Å². The van der Waals surface area contributed by atoms with Crippen LogP contribution in [0.15, 0.2) is 4.99 Å². The molecule has 0 aromatic carbocycles. The number of halogens is 1. The molecule has 0 fully saturated rings. The zero-order chi connectivity index (χ0) is 5.28. The molecule has 0 amide bonds. The Morgan fingerprint density at radius 1 is 2.00 bits per heavy atom. The van der Waals surface area contributed by atoms with E-state index in [9.17, 15) is 0 Å². The van der Waals surface area contributed by atoms with Gasteiger partial charge in [-0.15, -0.1) is 0 Å². The zero-order valence-electron chi connectivity index (χ0n) is 3.98. The number of hydrogen-bond acceptors (Lipinski definition) is 2. The largest absolute Gasteiger partial charge is 0.272 e. The Morgan fingerprint density at radius 2 is 2.71 bits per heavy atom. The summed E-state index contributed by atoms with van der Waals surface area (Å²) in [4.78, 5) is 5.84. The molecule has 0 aliphatic carbocycles. The lowest BCUT2D eigenvalue weighted by atomic mass is 10.7. The Labute approximate surface area is 51.4 Å². The second-order valence-corrected chi connectivity index (χ2v) is 2.15. The molecule has 0 saturated carbocycles. The molecule has 38 valence electrons. The van der Waals surface area contributed by atoms with E-state index in [4.69, 9.17) is 0 Å². The fourth-order valence-electron chi connectivity index (χ4n) is 0.396. The molecule has 1 heterocycles. The number of aliphatic imine (C=N–C) groups is 1. The highest BCUT2D eigenvalue weighted by atomic mass is 79.9. The lowest BCUT2D eigenvalue weighted by Crippen LogP contribution is -2.09. The molecular weight excluding hydrogens is 156 g/mol. The van der Waals surface area contributed by atoms with Crippen LogP contribution in [0.3, 0.4) is 0 Å². The molecule has 3 heteroatoms. The number of hydrogen-bond donors (Lipinski definition) is 0. The summed E-state index contributed by atoms with van der Waals surface area (Å²) in [5.41, 5.74) is 0. The Morgan fingerprint density at radius 3 is 2.86 bits per heavy atom. The number of rotatable bonds is 0. The molecule has 1 rings (SSSR count). The van der Waals surface area contributed by atoms with Crippen molar-refractivity contribution in [3.8, 4) is 0 Å². The summed E-state index contributed by atoms with van der Waals surface area (Å²) in [6, 6.07) is 0. The van der Waals surface area contributed by atoms with Crippen LogP contribution < -0.4 is 0 Å². The summed E-state index contributed by atoms with van der Waals surface area (Å²) in [7, 11) is 1.93. The Balaban J connectivity index is 2.42. The highest BCUT2D eigenvalue weighted by molar-refractivity contribution is 9.18. The number of nitrogens with zero attached hydrogens (tertiary/aromatic N) is 2. The van der Waals surface area contributed by atoms with E-state index in [0.717, 1.165) is 11.3 Å². The van der Waals surface area contributed by atoms with Gasteiger partial charge in [-0.25, -0.2) is 0 Å². The lowest BCUT2D eigenvalue weighted by molar-refractivity contribution is 0.470. The van der Waals surface area contributed by atoms with Crippen molar-refractivity contribution in [3.05, 3.63) is 6.54 Å². The first-order valence-electron chi connectivity index (χ1n) is 1.97. The van der Waals surface area contributed by atoms with Gasteiger partial charge >= 0.3 is 0 Å². The van der Waals surface area contributed by atoms with Crippen molar-refractivity contribution in [2.45, 2.75) is 0 Å². The van der Waals surface area contributed by atoms with Crippen LogP contribution in [-0.2, 0) is 0 Å². The van der Waals surface area contributed by atoms with Gasteiger partial charge in [-0.2, -0.15) is 0 Å². The van der Waals surface area contributed by atoms with Crippen LogP contribution in [0.25, 0.3) is 0 Å². The van der Waals surface area contributed by atoms with Crippen LogP contribution >= 0.6 is 15.9 Å². The molecule has 0 spiro atoms. The molecule has 2 nitrogen and oxygen atoms in total. The average Bonchev–Trinajstić information content (AvgIpc) is 1.87. The quantitative estimate of drug-likeness (QED) is 0.511. The predicted molar refractivity (Wildman–Crippen MR) is 32.2 cm³/mol. The van der Waals surface area contributed by atoms with Gasteiger partial charge in [0.1, 0.15) is 11.2 Å². The molecule has 0 bridgehead atoms. The Bertz CT molecular complexity index is 99.9. The topological polar surface area (TPSA) is 15.6 Å². The van der Waals surface area contributed by atoms with Gasteiger partial charge in [0.25, 0.3) is 0 Å². The second kappa shape index (κ2) is 1.92. The monoisotopic (exact) mass is 160 g/mol. The molecular formula is C4H5BrN2. The molecule has 0 unspecified atom stereocenters. The van der Waals surface area contributed by atoms with E-state index >= 15 is 0 Å². The molecule has 7 heavy (non-hydrogen) atoms. The molecule has 0 N–H and O–H groups in total. The fraction of sp³-hybridized carbons (Fsp3) is 0.500. The van der Waals surface area contributed by atoms with E-state index < -0.39 is 0 Å². The average molecular weight is 161 g/mol. The molecule has 0 saturated heterocycles. The zero-order valence-corrected chi connectivity index (χ0v) is 5.57. The van der Waals surface area contributed by atoms with Gasteiger partial charge in [0.15, 0.2) is 0 Å². The molecule has 1 aliphatic heterocycles. The minimum atomic E-state index is 0.737. The summed E-state index contributed by atoms with van der Waals surface area (Å²) in [6.45, 7) is 3.65. The maximum absolute atomic E-state index is 3.97. The summed E-state index contributed by atoms with van der Waals surface area (Å²) in [6.07, 6.45) is 0. The SMILES string of the molecule is CN1[C]C(Br)=NC1. The Kier molecular flexibility index (Phi) is 1.44. The normalized spacial score (nSPS) is 22.9. The van der Waals surface area contributed by atoms with Gasteiger partial charge in [0.2, 0.25) is 0 Å². The van der Waals surface area contributed by atoms with Gasteiger partial charge in [0, 0.05) is 0 Å². The Hall–Kier alpha value is 0.110. The highest BCUT2D eigenvalue weighted by Gasteiger charge is 2.08. The van der Waals surface area contributed by atoms with E-state index in [-0.39, 0.29) is 0 Å². The van der Waals surface area contributed by atoms with Crippen molar-refractivity contribution >= 4 is 20.6 Å². The van der Waals surface area contributed by atoms with Crippen LogP contribution in [0, 0.1) is 6.54 Å². The smallest absolute Gasteiger partial charge is 0.126 e. The van der Waals surface area contributed by atoms with Crippen molar-refractivity contribution in [2.24, 2.45) is 4.99 Å². The van der Waals surface area contributed by atoms with Crippen LogP contribution in [0.5, 0.6) is 0 Å². The lowest BCUT2D eigenvalue weighted by Gasteiger charge is -1.98. The third-order valence-corrected chi connectivity index (χ3v) is 1.13. The van der Waals surface area contributed by atoms with E-state index in [1.165, 1.54) is 0 Å². The second-order valence-electron chi connectivity index (χ2n) is 1.40. The highest BCUT2D eigenvalue weighted by Crippen LogP contribution is 2.05.